The molecule has 4 rings (SSSR count). The van der Waals surface area contributed by atoms with Crippen molar-refractivity contribution >= 4 is 31.9 Å². The summed E-state index contributed by atoms with van der Waals surface area (Å²) in [6.07, 6.45) is 0. The van der Waals surface area contributed by atoms with Crippen LogP contribution in [-0.4, -0.2) is 0 Å². The summed E-state index contributed by atoms with van der Waals surface area (Å²) in [6, 6.07) is 23.9. The average Bonchev–Trinajstić information content (AvgIpc) is 2.81. The van der Waals surface area contributed by atoms with E-state index in [-0.39, 0.29) is 0 Å². The summed E-state index contributed by atoms with van der Waals surface area (Å²) >= 11 is 7.20. The van der Waals surface area contributed by atoms with Gasteiger partial charge in [-0.25, -0.2) is 0 Å². The van der Waals surface area contributed by atoms with Crippen LogP contribution in [0.1, 0.15) is 22.6 Å². The van der Waals surface area contributed by atoms with Gasteiger partial charge in [-0.1, -0.05) is 74.3 Å². The molecule has 0 amide bonds. The zero-order valence-electron chi connectivity index (χ0n) is 11.2. The molecular formula is C19H12Br2. The maximum Gasteiger partial charge on any atom is 0.0352 e. The van der Waals surface area contributed by atoms with E-state index in [1.54, 1.807) is 0 Å². The van der Waals surface area contributed by atoms with Crippen LogP contribution in [0, 0.1) is 0 Å². The first-order chi connectivity index (χ1) is 10.2. The molecule has 0 heterocycles. The minimum atomic E-state index is 0.331. The number of halogens is 2. The topological polar surface area (TPSA) is 0 Å². The number of hydrogen-bond donors (Lipinski definition) is 0. The minimum absolute atomic E-state index is 0.331. The Labute approximate surface area is 141 Å². The Morgan fingerprint density at radius 1 is 0.619 bits per heavy atom. The maximum absolute atomic E-state index is 3.60. The molecule has 1 aliphatic rings. The van der Waals surface area contributed by atoms with Crippen LogP contribution in [-0.2, 0) is 0 Å². The quantitative estimate of drug-likeness (QED) is 0.348. The molecule has 0 aromatic heterocycles. The van der Waals surface area contributed by atoms with Crippen LogP contribution in [0.3, 0.4) is 0 Å². The first-order valence-corrected chi connectivity index (χ1v) is 8.47. The molecule has 0 nitrogen and oxygen atoms in total. The van der Waals surface area contributed by atoms with E-state index < -0.39 is 0 Å². The lowest BCUT2D eigenvalue weighted by Crippen LogP contribution is -1.98. The third-order valence-corrected chi connectivity index (χ3v) is 5.06. The Bertz CT molecular complexity index is 771. The molecule has 0 saturated carbocycles. The first-order valence-electron chi connectivity index (χ1n) is 6.88. The smallest absolute Gasteiger partial charge is 0.0352 e. The van der Waals surface area contributed by atoms with Crippen molar-refractivity contribution in [2.45, 2.75) is 5.92 Å². The lowest BCUT2D eigenvalue weighted by Gasteiger charge is -2.14. The zero-order chi connectivity index (χ0) is 14.4. The number of hydrogen-bond acceptors (Lipinski definition) is 0. The standard InChI is InChI=1S/C19H12Br2/c20-13-6-8-15-17(10-13)18-11-14(21)7-9-16(18)19(15)12-4-2-1-3-5-12/h1-11,19H. The molecule has 3 aromatic carbocycles. The predicted octanol–water partition coefficient (Wildman–Crippen LogP) is 6.37. The number of benzene rings is 3. The third kappa shape index (κ3) is 2.18. The van der Waals surface area contributed by atoms with Gasteiger partial charge in [-0.2, -0.15) is 0 Å². The summed E-state index contributed by atoms with van der Waals surface area (Å²) in [4.78, 5) is 0. The van der Waals surface area contributed by atoms with Gasteiger partial charge in [0.25, 0.3) is 0 Å². The van der Waals surface area contributed by atoms with E-state index >= 15 is 0 Å². The van der Waals surface area contributed by atoms with Crippen molar-refractivity contribution in [1.29, 1.82) is 0 Å². The molecule has 2 heteroatoms. The van der Waals surface area contributed by atoms with E-state index in [2.05, 4.69) is 98.6 Å². The molecule has 0 unspecified atom stereocenters. The molecule has 0 bridgehead atoms. The van der Waals surface area contributed by atoms with Gasteiger partial charge in [0, 0.05) is 14.9 Å². The summed E-state index contributed by atoms with van der Waals surface area (Å²) in [6.45, 7) is 0. The van der Waals surface area contributed by atoms with Crippen LogP contribution < -0.4 is 0 Å². The van der Waals surface area contributed by atoms with E-state index in [0.29, 0.717) is 5.92 Å². The fourth-order valence-corrected chi connectivity index (χ4v) is 3.92. The van der Waals surface area contributed by atoms with Crippen LogP contribution in [0.5, 0.6) is 0 Å². The van der Waals surface area contributed by atoms with Crippen molar-refractivity contribution < 1.29 is 0 Å². The zero-order valence-corrected chi connectivity index (χ0v) is 14.4. The highest BCUT2D eigenvalue weighted by molar-refractivity contribution is 9.10. The van der Waals surface area contributed by atoms with E-state index in [9.17, 15) is 0 Å². The second-order valence-corrected chi connectivity index (χ2v) is 7.14. The van der Waals surface area contributed by atoms with Gasteiger partial charge < -0.3 is 0 Å². The fourth-order valence-electron chi connectivity index (χ4n) is 3.20. The van der Waals surface area contributed by atoms with Crippen LogP contribution in [0.2, 0.25) is 0 Å². The monoisotopic (exact) mass is 398 g/mol. The highest BCUT2D eigenvalue weighted by atomic mass is 79.9. The van der Waals surface area contributed by atoms with Crippen molar-refractivity contribution in [3.05, 3.63) is 92.4 Å². The highest BCUT2D eigenvalue weighted by Crippen LogP contribution is 2.49. The summed E-state index contributed by atoms with van der Waals surface area (Å²) in [5.74, 6) is 0.331. The molecule has 3 aromatic rings. The van der Waals surface area contributed by atoms with Crippen LogP contribution in [0.15, 0.2) is 75.7 Å². The molecule has 0 saturated heterocycles. The van der Waals surface area contributed by atoms with Crippen molar-refractivity contribution in [1.82, 2.24) is 0 Å². The normalized spacial score (nSPS) is 13.0. The molecule has 0 atom stereocenters. The van der Waals surface area contributed by atoms with Crippen molar-refractivity contribution in [2.75, 3.05) is 0 Å². The van der Waals surface area contributed by atoms with E-state index in [1.165, 1.54) is 27.8 Å². The third-order valence-electron chi connectivity index (χ3n) is 4.08. The van der Waals surface area contributed by atoms with Gasteiger partial charge in [-0.15, -0.1) is 0 Å². The molecule has 0 radical (unpaired) electrons. The molecule has 0 fully saturated rings. The Balaban J connectivity index is 2.02. The van der Waals surface area contributed by atoms with Crippen molar-refractivity contribution in [2.24, 2.45) is 0 Å². The Morgan fingerprint density at radius 2 is 1.14 bits per heavy atom. The molecule has 0 aliphatic heterocycles. The van der Waals surface area contributed by atoms with Crippen molar-refractivity contribution in [3.8, 4) is 11.1 Å². The Hall–Kier alpha value is -1.38. The molecule has 1 aliphatic carbocycles. The van der Waals surface area contributed by atoms with Gasteiger partial charge in [-0.05, 0) is 52.1 Å². The van der Waals surface area contributed by atoms with Crippen molar-refractivity contribution in [3.63, 3.8) is 0 Å². The Kier molecular flexibility index (Phi) is 3.24. The highest BCUT2D eigenvalue weighted by Gasteiger charge is 2.29. The predicted molar refractivity (Wildman–Crippen MR) is 94.7 cm³/mol. The lowest BCUT2D eigenvalue weighted by molar-refractivity contribution is 1.01. The number of rotatable bonds is 1. The SMILES string of the molecule is Brc1ccc2c(c1)-c1cc(Br)ccc1C2c1ccccc1. The largest absolute Gasteiger partial charge is 0.0622 e. The van der Waals surface area contributed by atoms with Gasteiger partial charge >= 0.3 is 0 Å². The van der Waals surface area contributed by atoms with Crippen LogP contribution in [0.25, 0.3) is 11.1 Å². The van der Waals surface area contributed by atoms with E-state index in [1.807, 2.05) is 0 Å². The summed E-state index contributed by atoms with van der Waals surface area (Å²) in [5, 5.41) is 0. The van der Waals surface area contributed by atoms with Crippen LogP contribution >= 0.6 is 31.9 Å². The summed E-state index contributed by atoms with van der Waals surface area (Å²) in [7, 11) is 0. The molecule has 102 valence electrons. The van der Waals surface area contributed by atoms with Crippen LogP contribution in [0.4, 0.5) is 0 Å². The molecule has 0 spiro atoms. The second kappa shape index (κ2) is 5.11. The molecular weight excluding hydrogens is 388 g/mol. The summed E-state index contributed by atoms with van der Waals surface area (Å²) < 4.78 is 2.25. The van der Waals surface area contributed by atoms with Gasteiger partial charge in [0.05, 0.1) is 0 Å². The van der Waals surface area contributed by atoms with Gasteiger partial charge in [0.1, 0.15) is 0 Å². The molecule has 21 heavy (non-hydrogen) atoms. The molecule has 0 N–H and O–H groups in total. The average molecular weight is 400 g/mol. The Morgan fingerprint density at radius 3 is 1.67 bits per heavy atom. The maximum atomic E-state index is 3.60. The second-order valence-electron chi connectivity index (χ2n) is 5.31. The fraction of sp³-hybridized carbons (Fsp3) is 0.0526. The van der Waals surface area contributed by atoms with Gasteiger partial charge in [-0.3, -0.25) is 0 Å². The van der Waals surface area contributed by atoms with E-state index in [0.717, 1.165) is 8.95 Å². The van der Waals surface area contributed by atoms with E-state index in [4.69, 9.17) is 0 Å². The number of fused-ring (bicyclic) bond motifs is 3. The van der Waals surface area contributed by atoms with Gasteiger partial charge in [0.2, 0.25) is 0 Å². The van der Waals surface area contributed by atoms with Gasteiger partial charge in [0.15, 0.2) is 0 Å². The minimum Gasteiger partial charge on any atom is -0.0622 e. The first kappa shape index (κ1) is 13.3. The summed E-state index contributed by atoms with van der Waals surface area (Å²) in [5.41, 5.74) is 6.78. The lowest BCUT2D eigenvalue weighted by atomic mass is 9.89.